The normalized spacial score (nSPS) is 11.3. The fourth-order valence-corrected chi connectivity index (χ4v) is 1.88. The molecule has 0 fully saturated rings. The van der Waals surface area contributed by atoms with Crippen LogP contribution in [0.4, 0.5) is 0 Å². The monoisotopic (exact) mass is 271 g/mol. The van der Waals surface area contributed by atoms with E-state index < -0.39 is 0 Å². The molecule has 2 aromatic rings. The number of phenolic OH excluding ortho intramolecular Hbond substituents is 1. The summed E-state index contributed by atoms with van der Waals surface area (Å²) in [5, 5.41) is 22.6. The van der Waals surface area contributed by atoms with Crippen LogP contribution in [0.2, 0.25) is 0 Å². The number of hydrogen-bond donors (Lipinski definition) is 2. The quantitative estimate of drug-likeness (QED) is 0.497. The second kappa shape index (κ2) is 6.61. The molecule has 2 N–H and O–H groups in total. The lowest BCUT2D eigenvalue weighted by molar-refractivity contribution is 0.314. The summed E-state index contributed by atoms with van der Waals surface area (Å²) in [7, 11) is 0. The molecule has 0 radical (unpaired) electrons. The van der Waals surface area contributed by atoms with Gasteiger partial charge in [0, 0.05) is 17.2 Å². The van der Waals surface area contributed by atoms with Crippen LogP contribution in [0.3, 0.4) is 0 Å². The maximum absolute atomic E-state index is 10.1. The van der Waals surface area contributed by atoms with E-state index >= 15 is 0 Å². The Balaban J connectivity index is 2.32. The lowest BCUT2D eigenvalue weighted by atomic mass is 10.0. The molecule has 0 aliphatic carbocycles. The molecule has 0 saturated carbocycles. The van der Waals surface area contributed by atoms with Crippen LogP contribution in [0, 0.1) is 0 Å². The first-order valence-electron chi connectivity index (χ1n) is 6.50. The predicted molar refractivity (Wildman–Crippen MR) is 77.8 cm³/mol. The van der Waals surface area contributed by atoms with Crippen LogP contribution in [0.15, 0.2) is 53.7 Å². The van der Waals surface area contributed by atoms with Gasteiger partial charge >= 0.3 is 0 Å². The van der Waals surface area contributed by atoms with Gasteiger partial charge < -0.3 is 15.1 Å². The summed E-state index contributed by atoms with van der Waals surface area (Å²) in [6.45, 7) is 2.61. The first-order chi connectivity index (χ1) is 9.76. The van der Waals surface area contributed by atoms with Gasteiger partial charge in [0.05, 0.1) is 6.61 Å². The molecule has 104 valence electrons. The molecule has 0 bridgehead atoms. The Hall–Kier alpha value is -2.49. The van der Waals surface area contributed by atoms with Crippen LogP contribution < -0.4 is 4.74 Å². The van der Waals surface area contributed by atoms with Gasteiger partial charge in [0.2, 0.25) is 0 Å². The number of aromatic hydroxyl groups is 1. The summed E-state index contributed by atoms with van der Waals surface area (Å²) in [6.07, 6.45) is 0.899. The van der Waals surface area contributed by atoms with Crippen molar-refractivity contribution in [3.63, 3.8) is 0 Å². The highest BCUT2D eigenvalue weighted by Crippen LogP contribution is 2.26. The van der Waals surface area contributed by atoms with E-state index in [1.807, 2.05) is 37.3 Å². The summed E-state index contributed by atoms with van der Waals surface area (Å²) in [4.78, 5) is 0. The standard InChI is InChI=1S/C16H17NO3/c1-2-10-20-13-8-9-14(15(18)11-13)16(17-19)12-6-4-3-5-7-12/h3-9,11,18-19H,2,10H2,1H3/b17-16+. The highest BCUT2D eigenvalue weighted by molar-refractivity contribution is 6.14. The predicted octanol–water partition coefficient (Wildman–Crippen LogP) is 3.41. The van der Waals surface area contributed by atoms with E-state index in [2.05, 4.69) is 5.16 Å². The molecule has 0 spiro atoms. The number of benzene rings is 2. The van der Waals surface area contributed by atoms with Crippen LogP contribution in [0.25, 0.3) is 0 Å². The Labute approximate surface area is 117 Å². The first kappa shape index (κ1) is 13.9. The minimum Gasteiger partial charge on any atom is -0.507 e. The molecule has 0 heterocycles. The summed E-state index contributed by atoms with van der Waals surface area (Å²) in [6, 6.07) is 14.2. The number of hydrogen-bond acceptors (Lipinski definition) is 4. The summed E-state index contributed by atoms with van der Waals surface area (Å²) in [5.41, 5.74) is 1.51. The molecule has 0 aliphatic rings. The molecule has 4 heteroatoms. The van der Waals surface area contributed by atoms with Gasteiger partial charge in [0.15, 0.2) is 0 Å². The van der Waals surface area contributed by atoms with Crippen molar-refractivity contribution in [3.05, 3.63) is 59.7 Å². The van der Waals surface area contributed by atoms with Crippen LogP contribution in [0.1, 0.15) is 24.5 Å². The highest BCUT2D eigenvalue weighted by Gasteiger charge is 2.13. The Morgan fingerprint density at radius 3 is 2.50 bits per heavy atom. The third kappa shape index (κ3) is 3.09. The van der Waals surface area contributed by atoms with Crippen LogP contribution in [0.5, 0.6) is 11.5 Å². The zero-order chi connectivity index (χ0) is 14.4. The van der Waals surface area contributed by atoms with Gasteiger partial charge in [0.25, 0.3) is 0 Å². The fourth-order valence-electron chi connectivity index (χ4n) is 1.88. The van der Waals surface area contributed by atoms with Gasteiger partial charge in [-0.05, 0) is 18.6 Å². The van der Waals surface area contributed by atoms with Crippen molar-refractivity contribution in [2.45, 2.75) is 13.3 Å². The Kier molecular flexibility index (Phi) is 4.60. The molecule has 0 aromatic heterocycles. The average Bonchev–Trinajstić information content (AvgIpc) is 2.49. The van der Waals surface area contributed by atoms with E-state index in [0.717, 1.165) is 12.0 Å². The largest absolute Gasteiger partial charge is 0.507 e. The summed E-state index contributed by atoms with van der Waals surface area (Å²) >= 11 is 0. The number of rotatable bonds is 5. The molecule has 4 nitrogen and oxygen atoms in total. The Bertz CT molecular complexity index is 594. The maximum Gasteiger partial charge on any atom is 0.128 e. The third-order valence-electron chi connectivity index (χ3n) is 2.84. The smallest absolute Gasteiger partial charge is 0.128 e. The van der Waals surface area contributed by atoms with Gasteiger partial charge in [-0.1, -0.05) is 42.4 Å². The van der Waals surface area contributed by atoms with Gasteiger partial charge in [-0.25, -0.2) is 0 Å². The van der Waals surface area contributed by atoms with Crippen molar-refractivity contribution in [3.8, 4) is 11.5 Å². The Morgan fingerprint density at radius 2 is 1.90 bits per heavy atom. The van der Waals surface area contributed by atoms with E-state index in [1.165, 1.54) is 6.07 Å². The first-order valence-corrected chi connectivity index (χ1v) is 6.50. The van der Waals surface area contributed by atoms with Crippen molar-refractivity contribution in [2.24, 2.45) is 5.16 Å². The van der Waals surface area contributed by atoms with Crippen LogP contribution in [-0.4, -0.2) is 22.6 Å². The molecule has 0 saturated heterocycles. The van der Waals surface area contributed by atoms with E-state index in [0.29, 0.717) is 23.6 Å². The minimum atomic E-state index is 0.0234. The van der Waals surface area contributed by atoms with E-state index in [-0.39, 0.29) is 5.75 Å². The third-order valence-corrected chi connectivity index (χ3v) is 2.84. The van der Waals surface area contributed by atoms with Gasteiger partial charge in [-0.2, -0.15) is 0 Å². The molecule has 0 aliphatic heterocycles. The molecular formula is C16H17NO3. The molecule has 2 rings (SSSR count). The highest BCUT2D eigenvalue weighted by atomic mass is 16.5. The van der Waals surface area contributed by atoms with Crippen molar-refractivity contribution in [2.75, 3.05) is 6.61 Å². The van der Waals surface area contributed by atoms with Crippen molar-refractivity contribution in [1.29, 1.82) is 0 Å². The molecule has 0 unspecified atom stereocenters. The van der Waals surface area contributed by atoms with Crippen LogP contribution in [-0.2, 0) is 0 Å². The van der Waals surface area contributed by atoms with Crippen molar-refractivity contribution < 1.29 is 15.1 Å². The number of phenols is 1. The van der Waals surface area contributed by atoms with E-state index in [1.54, 1.807) is 12.1 Å². The SMILES string of the molecule is CCCOc1ccc(/C(=N/O)c2ccccc2)c(O)c1. The second-order valence-electron chi connectivity index (χ2n) is 4.34. The maximum atomic E-state index is 10.1. The second-order valence-corrected chi connectivity index (χ2v) is 4.34. The molecular weight excluding hydrogens is 254 g/mol. The number of nitrogens with zero attached hydrogens (tertiary/aromatic N) is 1. The average molecular weight is 271 g/mol. The zero-order valence-electron chi connectivity index (χ0n) is 11.3. The number of ether oxygens (including phenoxy) is 1. The molecule has 20 heavy (non-hydrogen) atoms. The molecule has 0 atom stereocenters. The number of oxime groups is 1. The van der Waals surface area contributed by atoms with Gasteiger partial charge in [-0.15, -0.1) is 0 Å². The van der Waals surface area contributed by atoms with E-state index in [9.17, 15) is 10.3 Å². The van der Waals surface area contributed by atoms with Crippen molar-refractivity contribution in [1.82, 2.24) is 0 Å². The molecule has 0 amide bonds. The van der Waals surface area contributed by atoms with E-state index in [4.69, 9.17) is 4.74 Å². The van der Waals surface area contributed by atoms with Crippen molar-refractivity contribution >= 4 is 5.71 Å². The van der Waals surface area contributed by atoms with Crippen LogP contribution >= 0.6 is 0 Å². The fraction of sp³-hybridized carbons (Fsp3) is 0.188. The molecule has 2 aromatic carbocycles. The minimum absolute atomic E-state index is 0.0234. The van der Waals surface area contributed by atoms with Gasteiger partial charge in [-0.3, -0.25) is 0 Å². The lowest BCUT2D eigenvalue weighted by Gasteiger charge is -2.10. The Morgan fingerprint density at radius 1 is 1.15 bits per heavy atom. The van der Waals surface area contributed by atoms with Gasteiger partial charge in [0.1, 0.15) is 17.2 Å². The summed E-state index contributed by atoms with van der Waals surface area (Å²) < 4.78 is 5.45. The topological polar surface area (TPSA) is 62.0 Å². The lowest BCUT2D eigenvalue weighted by Crippen LogP contribution is -2.04. The summed E-state index contributed by atoms with van der Waals surface area (Å²) in [5.74, 6) is 0.619. The zero-order valence-corrected chi connectivity index (χ0v) is 11.3.